The van der Waals surface area contributed by atoms with Gasteiger partial charge in [0, 0.05) is 17.4 Å². The summed E-state index contributed by atoms with van der Waals surface area (Å²) in [6, 6.07) is 8.58. The van der Waals surface area contributed by atoms with Crippen molar-refractivity contribution in [1.82, 2.24) is 19.7 Å². The zero-order chi connectivity index (χ0) is 19.6. The molecule has 140 valence electrons. The quantitative estimate of drug-likeness (QED) is 0.629. The Labute approximate surface area is 153 Å². The molecule has 0 fully saturated rings. The largest absolute Gasteiger partial charge is 0.378 e. The first kappa shape index (κ1) is 18.5. The van der Waals surface area contributed by atoms with Crippen molar-refractivity contribution in [2.45, 2.75) is 26.0 Å². The summed E-state index contributed by atoms with van der Waals surface area (Å²) in [7, 11) is 0. The SMILES string of the molecule is Cc1cccc(=O)n1CC(C)(O)C(=O)Nc1ccc(F)c(-c2ncn[nH]2)c1. The normalized spacial score (nSPS) is 13.2. The monoisotopic (exact) mass is 371 g/mol. The number of rotatable bonds is 5. The fourth-order valence-corrected chi connectivity index (χ4v) is 2.59. The lowest BCUT2D eigenvalue weighted by Crippen LogP contribution is -2.46. The number of hydrogen-bond acceptors (Lipinski definition) is 5. The molecule has 1 unspecified atom stereocenters. The van der Waals surface area contributed by atoms with Crippen molar-refractivity contribution in [2.75, 3.05) is 5.32 Å². The Kier molecular flexibility index (Phi) is 4.87. The molecular weight excluding hydrogens is 353 g/mol. The van der Waals surface area contributed by atoms with E-state index < -0.39 is 17.3 Å². The van der Waals surface area contributed by atoms with E-state index in [1.54, 1.807) is 19.1 Å². The summed E-state index contributed by atoms with van der Waals surface area (Å²) in [6.45, 7) is 2.79. The van der Waals surface area contributed by atoms with E-state index in [1.165, 1.54) is 42.1 Å². The molecule has 1 amide bonds. The number of nitrogens with zero attached hydrogens (tertiary/aromatic N) is 3. The number of carbonyl (C=O) groups excluding carboxylic acids is 1. The van der Waals surface area contributed by atoms with Gasteiger partial charge in [0.1, 0.15) is 12.1 Å². The van der Waals surface area contributed by atoms with E-state index in [2.05, 4.69) is 20.5 Å². The van der Waals surface area contributed by atoms with E-state index in [1.807, 2.05) is 0 Å². The van der Waals surface area contributed by atoms with Gasteiger partial charge in [-0.2, -0.15) is 5.10 Å². The summed E-state index contributed by atoms with van der Waals surface area (Å²) in [6.07, 6.45) is 1.24. The molecule has 0 aliphatic rings. The first-order valence-corrected chi connectivity index (χ1v) is 8.13. The summed E-state index contributed by atoms with van der Waals surface area (Å²) >= 11 is 0. The fraction of sp³-hybridized carbons (Fsp3) is 0.222. The maximum atomic E-state index is 14.0. The van der Waals surface area contributed by atoms with Crippen LogP contribution in [0.4, 0.5) is 10.1 Å². The molecule has 27 heavy (non-hydrogen) atoms. The average molecular weight is 371 g/mol. The fourth-order valence-electron chi connectivity index (χ4n) is 2.59. The summed E-state index contributed by atoms with van der Waals surface area (Å²) < 4.78 is 15.3. The molecule has 3 N–H and O–H groups in total. The molecule has 0 saturated heterocycles. The van der Waals surface area contributed by atoms with Crippen LogP contribution in [-0.4, -0.2) is 36.4 Å². The lowest BCUT2D eigenvalue weighted by Gasteiger charge is -2.24. The van der Waals surface area contributed by atoms with E-state index in [4.69, 9.17) is 0 Å². The Hall–Kier alpha value is -3.33. The number of carbonyl (C=O) groups is 1. The van der Waals surface area contributed by atoms with Crippen molar-refractivity contribution in [2.24, 2.45) is 0 Å². The molecule has 0 spiro atoms. The summed E-state index contributed by atoms with van der Waals surface area (Å²) in [5.41, 5.74) is -1.18. The molecule has 0 aliphatic carbocycles. The highest BCUT2D eigenvalue weighted by Crippen LogP contribution is 2.23. The number of hydrogen-bond donors (Lipinski definition) is 3. The van der Waals surface area contributed by atoms with E-state index in [0.717, 1.165) is 0 Å². The van der Waals surface area contributed by atoms with Crippen LogP contribution in [0.3, 0.4) is 0 Å². The Balaban J connectivity index is 1.82. The molecule has 8 nitrogen and oxygen atoms in total. The van der Waals surface area contributed by atoms with Gasteiger partial charge in [0.05, 0.1) is 12.1 Å². The molecule has 0 saturated carbocycles. The number of aromatic nitrogens is 4. The molecule has 9 heteroatoms. The molecule has 1 atom stereocenters. The second kappa shape index (κ2) is 7.12. The molecular formula is C18H18FN5O3. The maximum absolute atomic E-state index is 14.0. The minimum Gasteiger partial charge on any atom is -0.378 e. The number of benzene rings is 1. The zero-order valence-corrected chi connectivity index (χ0v) is 14.7. The number of anilines is 1. The van der Waals surface area contributed by atoms with Gasteiger partial charge in [-0.1, -0.05) is 6.07 Å². The van der Waals surface area contributed by atoms with Crippen LogP contribution in [0, 0.1) is 12.7 Å². The summed E-state index contributed by atoms with van der Waals surface area (Å²) in [5, 5.41) is 19.3. The van der Waals surface area contributed by atoms with Crippen LogP contribution in [0.1, 0.15) is 12.6 Å². The molecule has 0 radical (unpaired) electrons. The van der Waals surface area contributed by atoms with Gasteiger partial charge in [-0.15, -0.1) is 0 Å². The van der Waals surface area contributed by atoms with Gasteiger partial charge in [0.2, 0.25) is 0 Å². The Morgan fingerprint density at radius 1 is 1.37 bits per heavy atom. The van der Waals surface area contributed by atoms with E-state index >= 15 is 0 Å². The minimum atomic E-state index is -1.86. The summed E-state index contributed by atoms with van der Waals surface area (Å²) in [4.78, 5) is 28.4. The maximum Gasteiger partial charge on any atom is 0.257 e. The van der Waals surface area contributed by atoms with Crippen LogP contribution in [0.25, 0.3) is 11.4 Å². The topological polar surface area (TPSA) is 113 Å². The third-order valence-corrected chi connectivity index (χ3v) is 4.12. The molecule has 0 bridgehead atoms. The van der Waals surface area contributed by atoms with Crippen LogP contribution in [-0.2, 0) is 11.3 Å². The minimum absolute atomic E-state index is 0.125. The second-order valence-electron chi connectivity index (χ2n) is 6.35. The number of aryl methyl sites for hydroxylation is 1. The highest BCUT2D eigenvalue weighted by atomic mass is 19.1. The first-order valence-electron chi connectivity index (χ1n) is 8.13. The summed E-state index contributed by atoms with van der Waals surface area (Å²) in [5.74, 6) is -1.06. The Morgan fingerprint density at radius 3 is 2.81 bits per heavy atom. The molecule has 3 aromatic rings. The van der Waals surface area contributed by atoms with Crippen molar-refractivity contribution in [3.8, 4) is 11.4 Å². The second-order valence-corrected chi connectivity index (χ2v) is 6.35. The zero-order valence-electron chi connectivity index (χ0n) is 14.7. The number of nitrogens with one attached hydrogen (secondary N) is 2. The van der Waals surface area contributed by atoms with Gasteiger partial charge in [0.15, 0.2) is 11.4 Å². The van der Waals surface area contributed by atoms with Crippen LogP contribution in [0.5, 0.6) is 0 Å². The van der Waals surface area contributed by atoms with Crippen molar-refractivity contribution < 1.29 is 14.3 Å². The smallest absolute Gasteiger partial charge is 0.257 e. The molecule has 2 aromatic heterocycles. The van der Waals surface area contributed by atoms with Gasteiger partial charge in [-0.25, -0.2) is 9.37 Å². The van der Waals surface area contributed by atoms with Crippen LogP contribution < -0.4 is 10.9 Å². The van der Waals surface area contributed by atoms with Crippen LogP contribution >= 0.6 is 0 Å². The van der Waals surface area contributed by atoms with E-state index in [-0.39, 0.29) is 29.2 Å². The van der Waals surface area contributed by atoms with Crippen LogP contribution in [0.15, 0.2) is 47.5 Å². The lowest BCUT2D eigenvalue weighted by atomic mass is 10.1. The predicted octanol–water partition coefficient (Wildman–Crippen LogP) is 1.47. The van der Waals surface area contributed by atoms with Gasteiger partial charge in [-0.05, 0) is 38.1 Å². The number of aliphatic hydroxyl groups is 1. The van der Waals surface area contributed by atoms with Crippen molar-refractivity contribution in [1.29, 1.82) is 0 Å². The number of halogens is 1. The molecule has 3 rings (SSSR count). The number of amides is 1. The van der Waals surface area contributed by atoms with Gasteiger partial charge in [0.25, 0.3) is 11.5 Å². The first-order chi connectivity index (χ1) is 12.8. The molecule has 2 heterocycles. The standard InChI is InChI=1S/C18H18FN5O3/c1-11-4-3-5-15(25)24(11)9-18(2,27)17(26)22-12-6-7-14(19)13(8-12)16-20-10-21-23-16/h3-8,10,27H,9H2,1-2H3,(H,22,26)(H,20,21,23). The Bertz CT molecular complexity index is 1030. The highest BCUT2D eigenvalue weighted by Gasteiger charge is 2.31. The van der Waals surface area contributed by atoms with E-state index in [0.29, 0.717) is 5.69 Å². The average Bonchev–Trinajstić information content (AvgIpc) is 3.14. The van der Waals surface area contributed by atoms with Crippen LogP contribution in [0.2, 0.25) is 0 Å². The highest BCUT2D eigenvalue weighted by molar-refractivity contribution is 5.97. The number of H-pyrrole nitrogens is 1. The third-order valence-electron chi connectivity index (χ3n) is 4.12. The molecule has 1 aromatic carbocycles. The van der Waals surface area contributed by atoms with Crippen molar-refractivity contribution >= 4 is 11.6 Å². The van der Waals surface area contributed by atoms with Crippen molar-refractivity contribution in [3.63, 3.8) is 0 Å². The van der Waals surface area contributed by atoms with Gasteiger partial charge >= 0.3 is 0 Å². The lowest BCUT2D eigenvalue weighted by molar-refractivity contribution is -0.133. The van der Waals surface area contributed by atoms with Crippen molar-refractivity contribution in [3.05, 3.63) is 64.6 Å². The van der Waals surface area contributed by atoms with E-state index in [9.17, 15) is 19.1 Å². The van der Waals surface area contributed by atoms with Gasteiger partial charge in [-0.3, -0.25) is 14.7 Å². The van der Waals surface area contributed by atoms with Gasteiger partial charge < -0.3 is 15.0 Å². The number of aromatic amines is 1. The third kappa shape index (κ3) is 3.93. The number of pyridine rings is 1. The Morgan fingerprint density at radius 2 is 2.15 bits per heavy atom. The predicted molar refractivity (Wildman–Crippen MR) is 96.5 cm³/mol. The molecule has 0 aliphatic heterocycles.